The summed E-state index contributed by atoms with van der Waals surface area (Å²) in [7, 11) is 1.31. The lowest BCUT2D eigenvalue weighted by Gasteiger charge is -2.07. The molecule has 0 spiro atoms. The van der Waals surface area contributed by atoms with Gasteiger partial charge in [0.1, 0.15) is 11.5 Å². The molecule has 2 aromatic carbocycles. The highest BCUT2D eigenvalue weighted by atomic mass is 35.5. The number of amides is 1. The number of aryl methyl sites for hydroxylation is 2. The van der Waals surface area contributed by atoms with Crippen LogP contribution in [0.3, 0.4) is 0 Å². The molecule has 0 fully saturated rings. The smallest absolute Gasteiger partial charge is 0.337 e. The molecule has 1 heterocycles. The molecule has 160 valence electrons. The van der Waals surface area contributed by atoms with E-state index in [1.807, 2.05) is 32.0 Å². The van der Waals surface area contributed by atoms with E-state index < -0.39 is 5.97 Å². The van der Waals surface area contributed by atoms with Crippen molar-refractivity contribution in [2.45, 2.75) is 13.8 Å². The Morgan fingerprint density at radius 1 is 1.10 bits per heavy atom. The molecule has 1 aromatic heterocycles. The fourth-order valence-corrected chi connectivity index (χ4v) is 2.98. The van der Waals surface area contributed by atoms with Crippen molar-refractivity contribution in [3.63, 3.8) is 0 Å². The van der Waals surface area contributed by atoms with Crippen LogP contribution in [0.5, 0.6) is 0 Å². The van der Waals surface area contributed by atoms with Crippen LogP contribution in [-0.2, 0) is 9.53 Å². The molecule has 0 bridgehead atoms. The van der Waals surface area contributed by atoms with Crippen molar-refractivity contribution in [1.82, 2.24) is 5.43 Å². The standard InChI is InChI=1S/C23H22ClN3O4/c1-14-4-6-17(10-15(14)2)25-13-22(28)27-26-12-18-7-9-21(31-18)19-11-16(23(29)30-3)5-8-20(19)24/h4-12,25H,13H2,1-3H3,(H,27,28)/b26-12+. The molecular weight excluding hydrogens is 418 g/mol. The molecule has 0 saturated heterocycles. The number of halogens is 1. The van der Waals surface area contributed by atoms with Crippen molar-refractivity contribution in [2.75, 3.05) is 19.0 Å². The Morgan fingerprint density at radius 3 is 2.65 bits per heavy atom. The third kappa shape index (κ3) is 5.73. The Bertz CT molecular complexity index is 1140. The number of rotatable bonds is 7. The fraction of sp³-hybridized carbons (Fsp3) is 0.174. The quantitative estimate of drug-likeness (QED) is 0.319. The second kappa shape index (κ2) is 9.95. The number of nitrogens with zero attached hydrogens (tertiary/aromatic N) is 1. The van der Waals surface area contributed by atoms with Crippen molar-refractivity contribution in [3.05, 3.63) is 76.0 Å². The van der Waals surface area contributed by atoms with Gasteiger partial charge in [0, 0.05) is 11.3 Å². The van der Waals surface area contributed by atoms with Gasteiger partial charge in [0.25, 0.3) is 5.91 Å². The van der Waals surface area contributed by atoms with Gasteiger partial charge in [-0.25, -0.2) is 10.2 Å². The number of hydrogen-bond acceptors (Lipinski definition) is 6. The molecule has 0 unspecified atom stereocenters. The highest BCUT2D eigenvalue weighted by molar-refractivity contribution is 6.33. The molecule has 8 heteroatoms. The Morgan fingerprint density at radius 2 is 1.90 bits per heavy atom. The molecule has 1 amide bonds. The summed E-state index contributed by atoms with van der Waals surface area (Å²) < 4.78 is 10.4. The second-order valence-electron chi connectivity index (χ2n) is 6.83. The molecule has 7 nitrogen and oxygen atoms in total. The van der Waals surface area contributed by atoms with Crippen LogP contribution >= 0.6 is 11.6 Å². The molecule has 0 aliphatic carbocycles. The first-order valence-corrected chi connectivity index (χ1v) is 9.86. The van der Waals surface area contributed by atoms with Gasteiger partial charge in [-0.1, -0.05) is 17.7 Å². The van der Waals surface area contributed by atoms with Crippen molar-refractivity contribution < 1.29 is 18.7 Å². The van der Waals surface area contributed by atoms with E-state index in [1.165, 1.54) is 18.9 Å². The molecule has 2 N–H and O–H groups in total. The zero-order valence-corrected chi connectivity index (χ0v) is 18.1. The number of carbonyl (C=O) groups is 2. The summed E-state index contributed by atoms with van der Waals surface area (Å²) in [4.78, 5) is 23.7. The first kappa shape index (κ1) is 22.1. The predicted molar refractivity (Wildman–Crippen MR) is 121 cm³/mol. The van der Waals surface area contributed by atoms with E-state index in [0.29, 0.717) is 27.7 Å². The van der Waals surface area contributed by atoms with Crippen LogP contribution in [0, 0.1) is 13.8 Å². The maximum atomic E-state index is 12.0. The van der Waals surface area contributed by atoms with Gasteiger partial charge >= 0.3 is 5.97 Å². The van der Waals surface area contributed by atoms with Crippen LogP contribution in [0.4, 0.5) is 5.69 Å². The zero-order chi connectivity index (χ0) is 22.4. The molecule has 0 aliphatic rings. The molecular formula is C23H22ClN3O4. The fourth-order valence-electron chi connectivity index (χ4n) is 2.77. The Labute approximate surface area is 185 Å². The first-order chi connectivity index (χ1) is 14.9. The molecule has 0 aliphatic heterocycles. The Kier molecular flexibility index (Phi) is 7.10. The summed E-state index contributed by atoms with van der Waals surface area (Å²) in [6, 6.07) is 14.0. The number of hydrazone groups is 1. The number of anilines is 1. The van der Waals surface area contributed by atoms with Gasteiger partial charge in [-0.15, -0.1) is 0 Å². The third-order valence-electron chi connectivity index (χ3n) is 4.62. The van der Waals surface area contributed by atoms with E-state index in [2.05, 4.69) is 15.8 Å². The lowest BCUT2D eigenvalue weighted by Crippen LogP contribution is -2.25. The number of benzene rings is 2. The summed E-state index contributed by atoms with van der Waals surface area (Å²) in [6.07, 6.45) is 1.38. The SMILES string of the molecule is COC(=O)c1ccc(Cl)c(-c2ccc(/C=N/NC(=O)CNc3ccc(C)c(C)c3)o2)c1. The highest BCUT2D eigenvalue weighted by Gasteiger charge is 2.13. The lowest BCUT2D eigenvalue weighted by atomic mass is 10.1. The maximum absolute atomic E-state index is 12.0. The first-order valence-electron chi connectivity index (χ1n) is 9.48. The van der Waals surface area contributed by atoms with E-state index in [-0.39, 0.29) is 12.5 Å². The average molecular weight is 440 g/mol. The van der Waals surface area contributed by atoms with E-state index in [4.69, 9.17) is 20.8 Å². The summed E-state index contributed by atoms with van der Waals surface area (Å²) >= 11 is 6.23. The molecule has 0 radical (unpaired) electrons. The minimum Gasteiger partial charge on any atom is -0.465 e. The minimum atomic E-state index is -0.469. The van der Waals surface area contributed by atoms with E-state index in [9.17, 15) is 9.59 Å². The van der Waals surface area contributed by atoms with Gasteiger partial charge in [0.05, 0.1) is 30.5 Å². The van der Waals surface area contributed by atoms with Gasteiger partial charge in [0.15, 0.2) is 0 Å². The van der Waals surface area contributed by atoms with Gasteiger partial charge in [-0.3, -0.25) is 4.79 Å². The number of hydrogen-bond donors (Lipinski definition) is 2. The van der Waals surface area contributed by atoms with E-state index in [1.54, 1.807) is 30.3 Å². The van der Waals surface area contributed by atoms with Crippen LogP contribution < -0.4 is 10.7 Å². The summed E-state index contributed by atoms with van der Waals surface area (Å²) in [6.45, 7) is 4.13. The molecule has 3 aromatic rings. The van der Waals surface area contributed by atoms with Crippen LogP contribution in [0.25, 0.3) is 11.3 Å². The molecule has 0 saturated carbocycles. The van der Waals surface area contributed by atoms with Crippen molar-refractivity contribution >= 4 is 35.4 Å². The van der Waals surface area contributed by atoms with Crippen LogP contribution in [0.15, 0.2) is 58.0 Å². The number of nitrogens with one attached hydrogen (secondary N) is 2. The number of carbonyl (C=O) groups excluding carboxylic acids is 2. The van der Waals surface area contributed by atoms with E-state index >= 15 is 0 Å². The van der Waals surface area contributed by atoms with Crippen molar-refractivity contribution in [1.29, 1.82) is 0 Å². The predicted octanol–water partition coefficient (Wildman–Crippen LogP) is 4.57. The second-order valence-corrected chi connectivity index (χ2v) is 7.24. The van der Waals surface area contributed by atoms with Crippen LogP contribution in [0.1, 0.15) is 27.2 Å². The summed E-state index contributed by atoms with van der Waals surface area (Å²) in [5.41, 5.74) is 6.55. The maximum Gasteiger partial charge on any atom is 0.337 e. The summed E-state index contributed by atoms with van der Waals surface area (Å²) in [5, 5.41) is 7.39. The minimum absolute atomic E-state index is 0.0825. The van der Waals surface area contributed by atoms with Gasteiger partial charge in [0.2, 0.25) is 0 Å². The van der Waals surface area contributed by atoms with E-state index in [0.717, 1.165) is 11.3 Å². The topological polar surface area (TPSA) is 92.9 Å². The number of furan rings is 1. The number of esters is 1. The third-order valence-corrected chi connectivity index (χ3v) is 4.95. The highest BCUT2D eigenvalue weighted by Crippen LogP contribution is 2.30. The van der Waals surface area contributed by atoms with Gasteiger partial charge in [-0.2, -0.15) is 5.10 Å². The van der Waals surface area contributed by atoms with Crippen molar-refractivity contribution in [2.24, 2.45) is 5.10 Å². The molecule has 31 heavy (non-hydrogen) atoms. The van der Waals surface area contributed by atoms with Gasteiger partial charge in [-0.05, 0) is 67.4 Å². The Hall–Kier alpha value is -3.58. The Balaban J connectivity index is 1.59. The lowest BCUT2D eigenvalue weighted by molar-refractivity contribution is -0.119. The summed E-state index contributed by atoms with van der Waals surface area (Å²) in [5.74, 6) is 0.107. The van der Waals surface area contributed by atoms with Gasteiger partial charge < -0.3 is 14.5 Å². The average Bonchev–Trinajstić information content (AvgIpc) is 3.23. The number of ether oxygens (including phenoxy) is 1. The monoisotopic (exact) mass is 439 g/mol. The normalized spacial score (nSPS) is 10.8. The van der Waals surface area contributed by atoms with Crippen LogP contribution in [-0.4, -0.2) is 31.7 Å². The van der Waals surface area contributed by atoms with Crippen molar-refractivity contribution in [3.8, 4) is 11.3 Å². The molecule has 0 atom stereocenters. The largest absolute Gasteiger partial charge is 0.465 e. The molecule has 3 rings (SSSR count). The zero-order valence-electron chi connectivity index (χ0n) is 17.4. The number of methoxy groups -OCH3 is 1. The van der Waals surface area contributed by atoms with Crippen LogP contribution in [0.2, 0.25) is 5.02 Å².